The number of hydrogen-bond acceptors (Lipinski definition) is 6. The van der Waals surface area contributed by atoms with Gasteiger partial charge in [0.2, 0.25) is 0 Å². The third-order valence-electron chi connectivity index (χ3n) is 9.77. The zero-order valence-corrected chi connectivity index (χ0v) is 25.9. The summed E-state index contributed by atoms with van der Waals surface area (Å²) in [5, 5.41) is 10.2. The summed E-state index contributed by atoms with van der Waals surface area (Å²) < 4.78 is 40.2. The molecule has 3 heterocycles. The van der Waals surface area contributed by atoms with E-state index in [1.165, 1.54) is 12.5 Å². The van der Waals surface area contributed by atoms with Crippen molar-refractivity contribution < 1.29 is 13.5 Å². The molecule has 2 aromatic carbocycles. The Morgan fingerprint density at radius 1 is 1.11 bits per heavy atom. The van der Waals surface area contributed by atoms with Gasteiger partial charge in [0.25, 0.3) is 0 Å². The monoisotopic (exact) mass is 626 g/mol. The molecule has 230 valence electrons. The molecule has 2 saturated carbocycles. The highest BCUT2D eigenvalue weighted by Crippen LogP contribution is 2.51. The molecule has 5 atom stereocenters. The minimum atomic E-state index is -1.12. The van der Waals surface area contributed by atoms with Crippen molar-refractivity contribution in [2.45, 2.75) is 64.6 Å². The van der Waals surface area contributed by atoms with E-state index in [9.17, 15) is 5.26 Å². The van der Waals surface area contributed by atoms with E-state index in [1.54, 1.807) is 48.9 Å². The molecule has 0 radical (unpaired) electrons. The molecule has 0 saturated heterocycles. The highest BCUT2D eigenvalue weighted by Gasteiger charge is 2.46. The summed E-state index contributed by atoms with van der Waals surface area (Å²) in [6, 6.07) is 11.8. The van der Waals surface area contributed by atoms with Crippen LogP contribution < -0.4 is 4.74 Å². The van der Waals surface area contributed by atoms with Gasteiger partial charge in [0.15, 0.2) is 0 Å². The minimum absolute atomic E-state index is 0.175. The lowest BCUT2D eigenvalue weighted by Crippen LogP contribution is -2.32. The van der Waals surface area contributed by atoms with Crippen LogP contribution in [0.15, 0.2) is 55.0 Å². The smallest absolute Gasteiger partial charge is 0.321 e. The normalized spacial score (nSPS) is 20.0. The summed E-state index contributed by atoms with van der Waals surface area (Å²) in [7, 11) is 0. The van der Waals surface area contributed by atoms with Crippen molar-refractivity contribution in [1.29, 1.82) is 5.26 Å². The summed E-state index contributed by atoms with van der Waals surface area (Å²) in [6.45, 7) is 3.89. The van der Waals surface area contributed by atoms with Crippen LogP contribution in [0.2, 0.25) is 5.02 Å². The van der Waals surface area contributed by atoms with E-state index in [0.29, 0.717) is 62.9 Å². The van der Waals surface area contributed by atoms with E-state index in [4.69, 9.17) is 21.3 Å². The van der Waals surface area contributed by atoms with Crippen molar-refractivity contribution in [3.8, 4) is 29.0 Å². The quantitative estimate of drug-likeness (QED) is 0.153. The Labute approximate surface area is 265 Å². The Balaban J connectivity index is 1.31. The van der Waals surface area contributed by atoms with Crippen molar-refractivity contribution in [1.82, 2.24) is 24.5 Å². The number of halogens is 3. The van der Waals surface area contributed by atoms with Crippen molar-refractivity contribution in [3.63, 3.8) is 0 Å². The average Bonchev–Trinajstić information content (AvgIpc) is 3.69. The van der Waals surface area contributed by atoms with Gasteiger partial charge in [-0.25, -0.2) is 23.7 Å². The average molecular weight is 627 g/mol. The molecule has 2 aliphatic rings. The topological polar surface area (TPSA) is 89.5 Å². The number of imidazole rings is 1. The molecule has 3 aromatic heterocycles. The van der Waals surface area contributed by atoms with E-state index < -0.39 is 18.0 Å². The fourth-order valence-electron chi connectivity index (χ4n) is 7.05. The van der Waals surface area contributed by atoms with Crippen LogP contribution in [0.4, 0.5) is 8.78 Å². The number of nitrogens with zero attached hydrogens (tertiary/aromatic N) is 6. The van der Waals surface area contributed by atoms with Crippen LogP contribution in [0.25, 0.3) is 33.1 Å². The van der Waals surface area contributed by atoms with Gasteiger partial charge in [0.1, 0.15) is 29.1 Å². The lowest BCUT2D eigenvalue weighted by molar-refractivity contribution is 0.112. The largest absolute Gasteiger partial charge is 0.424 e. The summed E-state index contributed by atoms with van der Waals surface area (Å²) in [5.41, 5.74) is 2.64. The van der Waals surface area contributed by atoms with Crippen molar-refractivity contribution in [3.05, 3.63) is 71.7 Å². The van der Waals surface area contributed by atoms with E-state index in [2.05, 4.69) is 21.0 Å². The Hall–Kier alpha value is -4.16. The molecular weight excluding hydrogens is 594 g/mol. The van der Waals surface area contributed by atoms with E-state index in [1.807, 2.05) is 18.4 Å². The predicted molar refractivity (Wildman–Crippen MR) is 169 cm³/mol. The predicted octanol–water partition coefficient (Wildman–Crippen LogP) is 9.19. The summed E-state index contributed by atoms with van der Waals surface area (Å²) in [4.78, 5) is 17.5. The van der Waals surface area contributed by atoms with Gasteiger partial charge in [-0.1, -0.05) is 37.8 Å². The molecule has 0 amide bonds. The van der Waals surface area contributed by atoms with E-state index >= 15 is 8.78 Å². The molecule has 2 fully saturated rings. The maximum atomic E-state index is 16.8. The lowest BCUT2D eigenvalue weighted by atomic mass is 9.78. The van der Waals surface area contributed by atoms with E-state index in [-0.39, 0.29) is 23.8 Å². The second-order valence-electron chi connectivity index (χ2n) is 12.6. The summed E-state index contributed by atoms with van der Waals surface area (Å²) in [5.74, 6) is 1.39. The van der Waals surface area contributed by atoms with Gasteiger partial charge < -0.3 is 9.30 Å². The van der Waals surface area contributed by atoms with Gasteiger partial charge in [0, 0.05) is 47.5 Å². The Kier molecular flexibility index (Phi) is 7.86. The van der Waals surface area contributed by atoms with Crippen molar-refractivity contribution in [2.24, 2.45) is 23.7 Å². The number of alkyl halides is 1. The van der Waals surface area contributed by atoms with Crippen LogP contribution in [0, 0.1) is 47.7 Å². The fraction of sp³-hybridized carbons (Fsp3) is 0.400. The number of fused-ring (bicyclic) bond motifs is 3. The van der Waals surface area contributed by atoms with Crippen molar-refractivity contribution in [2.75, 3.05) is 0 Å². The molecule has 0 spiro atoms. The summed E-state index contributed by atoms with van der Waals surface area (Å²) >= 11 is 6.69. The standard InChI is InChI=1S/C35H33ClF2N6O/c1-19(25-14-22(25)9-10-39)33(38)32(13-21-5-3-6-21)44-20(2)43-31-18-42-30-17-29(37)26(16-27(30)34(31)44)24-8-7-23(15-28(24)36)45-35-40-11-4-12-41-35/h4,7-8,11-12,15-19,21-22,25,32-33H,3,5-6,9,13-14H2,1-2H3. The van der Waals surface area contributed by atoms with Crippen LogP contribution in [0.3, 0.4) is 0 Å². The van der Waals surface area contributed by atoms with Crippen LogP contribution in [-0.2, 0) is 0 Å². The zero-order valence-electron chi connectivity index (χ0n) is 25.1. The lowest BCUT2D eigenvalue weighted by Gasteiger charge is -2.35. The van der Waals surface area contributed by atoms with Gasteiger partial charge in [-0.3, -0.25) is 4.98 Å². The second kappa shape index (κ2) is 12.0. The second-order valence-corrected chi connectivity index (χ2v) is 13.0. The summed E-state index contributed by atoms with van der Waals surface area (Å²) in [6.07, 6.45) is 9.11. The number of aromatic nitrogens is 5. The zero-order chi connectivity index (χ0) is 31.2. The number of aryl methyl sites for hydroxylation is 1. The first-order valence-electron chi connectivity index (χ1n) is 15.5. The molecule has 45 heavy (non-hydrogen) atoms. The maximum absolute atomic E-state index is 16.8. The highest BCUT2D eigenvalue weighted by molar-refractivity contribution is 6.33. The number of rotatable bonds is 10. The first kappa shape index (κ1) is 29.5. The van der Waals surface area contributed by atoms with Gasteiger partial charge in [-0.2, -0.15) is 5.26 Å². The van der Waals surface area contributed by atoms with Gasteiger partial charge >= 0.3 is 6.01 Å². The Morgan fingerprint density at radius 2 is 1.91 bits per heavy atom. The molecule has 7 rings (SSSR count). The van der Waals surface area contributed by atoms with Gasteiger partial charge in [-0.05, 0) is 67.7 Å². The molecule has 0 aliphatic heterocycles. The van der Waals surface area contributed by atoms with Crippen molar-refractivity contribution >= 4 is 33.5 Å². The number of ether oxygens (including phenoxy) is 1. The number of hydrogen-bond donors (Lipinski definition) is 0. The molecule has 0 N–H and O–H groups in total. The molecule has 5 unspecified atom stereocenters. The SMILES string of the molecule is Cc1nc2cnc3cc(F)c(-c4ccc(Oc5ncccn5)cc4Cl)cc3c2n1C(CC1CCC1)C(F)C(C)C1CC1CC#N. The first-order chi connectivity index (χ1) is 21.8. The van der Waals surface area contributed by atoms with Crippen LogP contribution in [0.5, 0.6) is 11.8 Å². The number of benzene rings is 2. The molecule has 0 bridgehead atoms. The minimum Gasteiger partial charge on any atom is -0.424 e. The molecule has 5 aromatic rings. The Morgan fingerprint density at radius 3 is 2.62 bits per heavy atom. The van der Waals surface area contributed by atoms with E-state index in [0.717, 1.165) is 24.8 Å². The highest BCUT2D eigenvalue weighted by atomic mass is 35.5. The fourth-order valence-corrected chi connectivity index (χ4v) is 7.32. The molecule has 2 aliphatic carbocycles. The third-order valence-corrected chi connectivity index (χ3v) is 10.1. The van der Waals surface area contributed by atoms with Crippen LogP contribution >= 0.6 is 11.6 Å². The number of pyridine rings is 1. The number of nitriles is 1. The van der Waals surface area contributed by atoms with Crippen LogP contribution in [0.1, 0.15) is 57.3 Å². The molecular formula is C35H33ClF2N6O. The molecule has 10 heteroatoms. The third kappa shape index (κ3) is 5.61. The molecule has 7 nitrogen and oxygen atoms in total. The Bertz CT molecular complexity index is 1920. The van der Waals surface area contributed by atoms with Crippen LogP contribution in [-0.4, -0.2) is 30.7 Å². The first-order valence-corrected chi connectivity index (χ1v) is 15.9. The maximum Gasteiger partial charge on any atom is 0.321 e. The van der Waals surface area contributed by atoms with Gasteiger partial charge in [-0.15, -0.1) is 0 Å². The van der Waals surface area contributed by atoms with Gasteiger partial charge in [0.05, 0.1) is 34.4 Å².